The van der Waals surface area contributed by atoms with Gasteiger partial charge in [0.25, 0.3) is 0 Å². The molecule has 1 aromatic heterocycles. The van der Waals surface area contributed by atoms with Crippen molar-refractivity contribution in [3.63, 3.8) is 0 Å². The fraction of sp³-hybridized carbons (Fsp3) is 0.111. The lowest BCUT2D eigenvalue weighted by Crippen LogP contribution is -1.72. The van der Waals surface area contributed by atoms with Gasteiger partial charge in [0.2, 0.25) is 0 Å². The summed E-state index contributed by atoms with van der Waals surface area (Å²) in [6.45, 7) is 0. The van der Waals surface area contributed by atoms with Crippen LogP contribution in [0.5, 0.6) is 0 Å². The first-order valence-electron chi connectivity index (χ1n) is 3.52. The van der Waals surface area contributed by atoms with Crippen LogP contribution < -0.4 is 0 Å². The van der Waals surface area contributed by atoms with Gasteiger partial charge in [-0.3, -0.25) is 0 Å². The number of benzene rings is 1. The number of hydrogen-bond acceptors (Lipinski definition) is 2. The Kier molecular flexibility index (Phi) is 2.03. The van der Waals surface area contributed by atoms with Gasteiger partial charge in [0.1, 0.15) is 5.58 Å². The van der Waals surface area contributed by atoms with E-state index < -0.39 is 0 Å². The molecule has 0 aliphatic heterocycles. The molecule has 0 saturated heterocycles. The quantitative estimate of drug-likeness (QED) is 0.647. The van der Waals surface area contributed by atoms with Crippen molar-refractivity contribution in [1.82, 2.24) is 0 Å². The standard InChI is InChI=1S/C9H7ClOS/c1-12-8-5-7(10)4-6-2-3-11-9(6)8/h2-5H,1H3. The molecule has 0 aliphatic carbocycles. The highest BCUT2D eigenvalue weighted by atomic mass is 35.5. The molecule has 0 aliphatic rings. The normalized spacial score (nSPS) is 10.8. The molecule has 2 aromatic rings. The third-order valence-electron chi connectivity index (χ3n) is 1.70. The molecule has 0 atom stereocenters. The van der Waals surface area contributed by atoms with Crippen molar-refractivity contribution in [2.24, 2.45) is 0 Å². The maximum atomic E-state index is 5.90. The molecule has 0 unspecified atom stereocenters. The molecule has 3 heteroatoms. The maximum absolute atomic E-state index is 5.90. The minimum atomic E-state index is 0.758. The van der Waals surface area contributed by atoms with Crippen molar-refractivity contribution in [3.8, 4) is 0 Å². The van der Waals surface area contributed by atoms with E-state index in [1.165, 1.54) is 0 Å². The van der Waals surface area contributed by atoms with Crippen molar-refractivity contribution in [1.29, 1.82) is 0 Å². The summed E-state index contributed by atoms with van der Waals surface area (Å²) in [5, 5.41) is 1.82. The number of rotatable bonds is 1. The zero-order valence-corrected chi connectivity index (χ0v) is 8.08. The summed E-state index contributed by atoms with van der Waals surface area (Å²) in [4.78, 5) is 1.09. The molecule has 0 N–H and O–H groups in total. The summed E-state index contributed by atoms with van der Waals surface area (Å²) in [6, 6.07) is 5.74. The second kappa shape index (κ2) is 3.04. The Morgan fingerprint density at radius 2 is 2.25 bits per heavy atom. The molecular formula is C9H7ClOS. The van der Waals surface area contributed by atoms with Gasteiger partial charge in [-0.25, -0.2) is 0 Å². The first-order chi connectivity index (χ1) is 5.81. The Morgan fingerprint density at radius 1 is 1.42 bits per heavy atom. The Bertz CT molecular complexity index is 408. The average molecular weight is 199 g/mol. The van der Waals surface area contributed by atoms with Crippen LogP contribution in [0.2, 0.25) is 5.02 Å². The van der Waals surface area contributed by atoms with Gasteiger partial charge in [0, 0.05) is 10.4 Å². The summed E-state index contributed by atoms with van der Waals surface area (Å²) >= 11 is 7.54. The predicted molar refractivity (Wildman–Crippen MR) is 53.0 cm³/mol. The minimum absolute atomic E-state index is 0.758. The molecule has 2 rings (SSSR count). The molecule has 1 aromatic carbocycles. The van der Waals surface area contributed by atoms with E-state index in [1.807, 2.05) is 24.5 Å². The van der Waals surface area contributed by atoms with Crippen LogP contribution in [0.25, 0.3) is 11.0 Å². The summed E-state index contributed by atoms with van der Waals surface area (Å²) in [6.07, 6.45) is 3.69. The lowest BCUT2D eigenvalue weighted by Gasteiger charge is -1.97. The molecule has 0 fully saturated rings. The second-order valence-corrected chi connectivity index (χ2v) is 3.73. The molecule has 1 nitrogen and oxygen atoms in total. The van der Waals surface area contributed by atoms with E-state index in [2.05, 4.69) is 0 Å². The van der Waals surface area contributed by atoms with Crippen molar-refractivity contribution in [2.75, 3.05) is 6.26 Å². The topological polar surface area (TPSA) is 13.1 Å². The molecule has 0 bridgehead atoms. The lowest BCUT2D eigenvalue weighted by molar-refractivity contribution is 0.608. The van der Waals surface area contributed by atoms with Crippen molar-refractivity contribution >= 4 is 34.3 Å². The SMILES string of the molecule is CSc1cc(Cl)cc2ccoc12. The highest BCUT2D eigenvalue weighted by molar-refractivity contribution is 7.98. The first kappa shape index (κ1) is 8.02. The van der Waals surface area contributed by atoms with E-state index >= 15 is 0 Å². The molecule has 1 heterocycles. The zero-order chi connectivity index (χ0) is 8.55. The largest absolute Gasteiger partial charge is 0.463 e. The molecule has 12 heavy (non-hydrogen) atoms. The molecule has 0 radical (unpaired) electrons. The van der Waals surface area contributed by atoms with E-state index in [-0.39, 0.29) is 0 Å². The molecule has 0 saturated carbocycles. The maximum Gasteiger partial charge on any atom is 0.147 e. The van der Waals surface area contributed by atoms with Crippen LogP contribution in [0.1, 0.15) is 0 Å². The van der Waals surface area contributed by atoms with E-state index in [9.17, 15) is 0 Å². The van der Waals surface area contributed by atoms with Crippen molar-refractivity contribution in [2.45, 2.75) is 4.90 Å². The fourth-order valence-electron chi connectivity index (χ4n) is 1.17. The Hall–Kier alpha value is -0.600. The second-order valence-electron chi connectivity index (χ2n) is 2.45. The molecular weight excluding hydrogens is 192 g/mol. The summed E-state index contributed by atoms with van der Waals surface area (Å²) in [7, 11) is 0. The zero-order valence-electron chi connectivity index (χ0n) is 6.50. The highest BCUT2D eigenvalue weighted by Gasteiger charge is 2.04. The van der Waals surface area contributed by atoms with Gasteiger partial charge in [-0.1, -0.05) is 11.6 Å². The number of halogens is 1. The van der Waals surface area contributed by atoms with Crippen molar-refractivity contribution in [3.05, 3.63) is 29.5 Å². The van der Waals surface area contributed by atoms with Crippen LogP contribution in [-0.2, 0) is 0 Å². The van der Waals surface area contributed by atoms with Crippen molar-refractivity contribution < 1.29 is 4.42 Å². The van der Waals surface area contributed by atoms with Crippen LogP contribution in [0, 0.1) is 0 Å². The van der Waals surface area contributed by atoms with Gasteiger partial charge in [-0.05, 0) is 24.5 Å². The van der Waals surface area contributed by atoms with E-state index in [1.54, 1.807) is 18.0 Å². The van der Waals surface area contributed by atoms with Crippen LogP contribution in [-0.4, -0.2) is 6.26 Å². The number of fused-ring (bicyclic) bond motifs is 1. The summed E-state index contributed by atoms with van der Waals surface area (Å²) in [5.41, 5.74) is 0.923. The first-order valence-corrected chi connectivity index (χ1v) is 5.12. The van der Waals surface area contributed by atoms with Crippen LogP contribution in [0.3, 0.4) is 0 Å². The third kappa shape index (κ3) is 1.21. The molecule has 0 amide bonds. The van der Waals surface area contributed by atoms with E-state index in [4.69, 9.17) is 16.0 Å². The van der Waals surface area contributed by atoms with Crippen LogP contribution in [0.15, 0.2) is 33.8 Å². The predicted octanol–water partition coefficient (Wildman–Crippen LogP) is 3.81. The van der Waals surface area contributed by atoms with Crippen LogP contribution in [0.4, 0.5) is 0 Å². The smallest absolute Gasteiger partial charge is 0.147 e. The Labute approximate surface area is 79.7 Å². The van der Waals surface area contributed by atoms with Gasteiger partial charge < -0.3 is 4.42 Å². The minimum Gasteiger partial charge on any atom is -0.463 e. The van der Waals surface area contributed by atoms with Gasteiger partial charge in [0.05, 0.1) is 11.2 Å². The van der Waals surface area contributed by atoms with Crippen LogP contribution >= 0.6 is 23.4 Å². The van der Waals surface area contributed by atoms with E-state index in [0.29, 0.717) is 0 Å². The summed E-state index contributed by atoms with van der Waals surface area (Å²) < 4.78 is 5.32. The number of thioether (sulfide) groups is 1. The van der Waals surface area contributed by atoms with Gasteiger partial charge in [0.15, 0.2) is 0 Å². The Morgan fingerprint density at radius 3 is 3.00 bits per heavy atom. The average Bonchev–Trinajstić information content (AvgIpc) is 2.50. The lowest BCUT2D eigenvalue weighted by atomic mass is 10.2. The molecule has 0 spiro atoms. The number of furan rings is 1. The van der Waals surface area contributed by atoms with E-state index in [0.717, 1.165) is 20.9 Å². The third-order valence-corrected chi connectivity index (χ3v) is 2.66. The Balaban J connectivity index is 2.80. The number of hydrogen-bond donors (Lipinski definition) is 0. The monoisotopic (exact) mass is 198 g/mol. The van der Waals surface area contributed by atoms with Gasteiger partial charge in [-0.2, -0.15) is 0 Å². The fourth-order valence-corrected chi connectivity index (χ4v) is 2.05. The highest BCUT2D eigenvalue weighted by Crippen LogP contribution is 2.30. The molecule has 62 valence electrons. The van der Waals surface area contributed by atoms with Gasteiger partial charge in [-0.15, -0.1) is 11.8 Å². The van der Waals surface area contributed by atoms with Gasteiger partial charge >= 0.3 is 0 Å². The summed E-state index contributed by atoms with van der Waals surface area (Å²) in [5.74, 6) is 0.